The summed E-state index contributed by atoms with van der Waals surface area (Å²) in [5.74, 6) is 0.348. The van der Waals surface area contributed by atoms with E-state index in [0.717, 1.165) is 0 Å². The number of aromatic amines is 1. The van der Waals surface area contributed by atoms with Crippen LogP contribution < -0.4 is 16.3 Å². The molecule has 0 unspecified atom stereocenters. The Kier molecular flexibility index (Phi) is 5.39. The summed E-state index contributed by atoms with van der Waals surface area (Å²) in [5.41, 5.74) is 1.16. The lowest BCUT2D eigenvalue weighted by atomic mass is 10.1. The Morgan fingerprint density at radius 3 is 2.61 bits per heavy atom. The highest BCUT2D eigenvalue weighted by Gasteiger charge is 2.23. The molecule has 0 aliphatic heterocycles. The number of rotatable bonds is 4. The van der Waals surface area contributed by atoms with Crippen molar-refractivity contribution in [1.29, 1.82) is 0 Å². The standard InChI is InChI=1S/C24H18ClN5O2S/c1-13(29-23-19-16(31)10-11-26-22(19)27-12-28-23)21-20(25)15-8-5-9-17(33)18(15)24(32)30(21)14-6-3-2-4-7-14/h2-13,33H,1H3,(H2,26,27,28,29,31)/t13-/m0/s1. The second-order valence-electron chi connectivity index (χ2n) is 7.53. The van der Waals surface area contributed by atoms with E-state index >= 15 is 0 Å². The minimum atomic E-state index is -0.490. The van der Waals surface area contributed by atoms with Gasteiger partial charge in [0.25, 0.3) is 5.56 Å². The second kappa shape index (κ2) is 8.38. The molecule has 5 rings (SSSR count). The van der Waals surface area contributed by atoms with Gasteiger partial charge in [0.05, 0.1) is 22.1 Å². The van der Waals surface area contributed by atoms with Crippen LogP contribution in [0.1, 0.15) is 18.7 Å². The fourth-order valence-electron chi connectivity index (χ4n) is 4.01. The molecular formula is C24H18ClN5O2S. The third-order valence-electron chi connectivity index (χ3n) is 5.49. The van der Waals surface area contributed by atoms with E-state index in [1.165, 1.54) is 18.6 Å². The third-order valence-corrected chi connectivity index (χ3v) is 6.26. The fraction of sp³-hybridized carbons (Fsp3) is 0.0833. The molecule has 3 heterocycles. The summed E-state index contributed by atoms with van der Waals surface area (Å²) in [6.07, 6.45) is 2.90. The van der Waals surface area contributed by atoms with Crippen molar-refractivity contribution in [3.63, 3.8) is 0 Å². The van der Waals surface area contributed by atoms with Crippen LogP contribution in [0, 0.1) is 0 Å². The van der Waals surface area contributed by atoms with Gasteiger partial charge in [0.15, 0.2) is 5.43 Å². The number of halogens is 1. The highest BCUT2D eigenvalue weighted by Crippen LogP contribution is 2.34. The first kappa shape index (κ1) is 21.2. The van der Waals surface area contributed by atoms with E-state index in [9.17, 15) is 9.59 Å². The van der Waals surface area contributed by atoms with Crippen molar-refractivity contribution in [2.24, 2.45) is 0 Å². The lowest BCUT2D eigenvalue weighted by Gasteiger charge is -2.23. The Balaban J connectivity index is 1.77. The molecule has 2 aromatic carbocycles. The molecule has 7 nitrogen and oxygen atoms in total. The molecule has 0 aliphatic carbocycles. The number of pyridine rings is 2. The highest BCUT2D eigenvalue weighted by molar-refractivity contribution is 7.80. The molecule has 33 heavy (non-hydrogen) atoms. The molecule has 0 saturated heterocycles. The molecule has 0 aliphatic rings. The molecule has 0 amide bonds. The molecule has 0 bridgehead atoms. The number of nitrogens with one attached hydrogen (secondary N) is 2. The number of hydrogen-bond acceptors (Lipinski definition) is 6. The average molecular weight is 476 g/mol. The summed E-state index contributed by atoms with van der Waals surface area (Å²) in [4.78, 5) is 38.1. The van der Waals surface area contributed by atoms with Gasteiger partial charge in [-0.25, -0.2) is 9.97 Å². The molecule has 0 spiro atoms. The Bertz CT molecular complexity index is 1630. The Labute approximate surface area is 198 Å². The number of aromatic nitrogens is 4. The number of fused-ring (bicyclic) bond motifs is 2. The number of thiol groups is 1. The zero-order chi connectivity index (χ0) is 23.1. The van der Waals surface area contributed by atoms with Crippen molar-refractivity contribution in [2.45, 2.75) is 17.9 Å². The van der Waals surface area contributed by atoms with E-state index in [0.29, 0.717) is 48.9 Å². The van der Waals surface area contributed by atoms with Crippen LogP contribution in [0.25, 0.3) is 27.5 Å². The van der Waals surface area contributed by atoms with Gasteiger partial charge in [-0.2, -0.15) is 0 Å². The molecule has 0 radical (unpaired) electrons. The fourth-order valence-corrected chi connectivity index (χ4v) is 4.72. The zero-order valence-corrected chi connectivity index (χ0v) is 19.1. The average Bonchev–Trinajstić information content (AvgIpc) is 2.81. The first-order chi connectivity index (χ1) is 16.0. The van der Waals surface area contributed by atoms with Crippen LogP contribution in [-0.4, -0.2) is 19.5 Å². The molecular weight excluding hydrogens is 458 g/mol. The normalized spacial score (nSPS) is 12.2. The summed E-state index contributed by atoms with van der Waals surface area (Å²) in [5, 5.41) is 5.05. The highest BCUT2D eigenvalue weighted by atomic mass is 35.5. The summed E-state index contributed by atoms with van der Waals surface area (Å²) < 4.78 is 1.58. The van der Waals surface area contributed by atoms with E-state index < -0.39 is 6.04 Å². The van der Waals surface area contributed by atoms with Gasteiger partial charge in [0.1, 0.15) is 23.2 Å². The van der Waals surface area contributed by atoms with E-state index in [1.54, 1.807) is 16.7 Å². The largest absolute Gasteiger partial charge is 0.361 e. The maximum Gasteiger partial charge on any atom is 0.264 e. The van der Waals surface area contributed by atoms with Crippen LogP contribution in [0.3, 0.4) is 0 Å². The van der Waals surface area contributed by atoms with E-state index in [2.05, 4.69) is 32.9 Å². The molecule has 3 aromatic heterocycles. The number of para-hydroxylation sites is 1. The molecule has 0 saturated carbocycles. The lowest BCUT2D eigenvalue weighted by molar-refractivity contribution is 0.774. The lowest BCUT2D eigenvalue weighted by Crippen LogP contribution is -2.27. The number of H-pyrrole nitrogens is 1. The van der Waals surface area contributed by atoms with Crippen LogP contribution in [0.2, 0.25) is 5.02 Å². The number of benzene rings is 2. The first-order valence-corrected chi connectivity index (χ1v) is 11.0. The second-order valence-corrected chi connectivity index (χ2v) is 8.39. The predicted octanol–water partition coefficient (Wildman–Crippen LogP) is 4.74. The minimum Gasteiger partial charge on any atom is -0.361 e. The van der Waals surface area contributed by atoms with E-state index in [1.807, 2.05) is 43.3 Å². The van der Waals surface area contributed by atoms with Gasteiger partial charge < -0.3 is 10.3 Å². The van der Waals surface area contributed by atoms with Gasteiger partial charge in [-0.15, -0.1) is 12.6 Å². The molecule has 2 N–H and O–H groups in total. The Morgan fingerprint density at radius 1 is 1.03 bits per heavy atom. The van der Waals surface area contributed by atoms with Gasteiger partial charge in [-0.1, -0.05) is 41.9 Å². The summed E-state index contributed by atoms with van der Waals surface area (Å²) >= 11 is 11.4. The maximum atomic E-state index is 13.7. The maximum absolute atomic E-state index is 13.7. The Hall–Kier alpha value is -3.62. The van der Waals surface area contributed by atoms with Gasteiger partial charge in [0.2, 0.25) is 0 Å². The van der Waals surface area contributed by atoms with Crippen LogP contribution >= 0.6 is 24.2 Å². The van der Waals surface area contributed by atoms with Gasteiger partial charge >= 0.3 is 0 Å². The van der Waals surface area contributed by atoms with Gasteiger partial charge in [0, 0.05) is 28.2 Å². The van der Waals surface area contributed by atoms with Gasteiger partial charge in [-0.05, 0) is 25.1 Å². The zero-order valence-electron chi connectivity index (χ0n) is 17.4. The third kappa shape index (κ3) is 3.57. The quantitative estimate of drug-likeness (QED) is 0.326. The molecule has 9 heteroatoms. The molecule has 0 fully saturated rings. The summed E-state index contributed by atoms with van der Waals surface area (Å²) in [7, 11) is 0. The van der Waals surface area contributed by atoms with Crippen molar-refractivity contribution < 1.29 is 0 Å². The van der Waals surface area contributed by atoms with Crippen molar-refractivity contribution in [3.8, 4) is 5.69 Å². The molecule has 164 valence electrons. The van der Waals surface area contributed by atoms with Gasteiger partial charge in [-0.3, -0.25) is 14.2 Å². The Morgan fingerprint density at radius 2 is 1.82 bits per heavy atom. The van der Waals surface area contributed by atoms with Crippen molar-refractivity contribution >= 4 is 51.9 Å². The topological polar surface area (TPSA) is 92.7 Å². The number of anilines is 1. The van der Waals surface area contributed by atoms with Crippen LogP contribution in [0.4, 0.5) is 5.82 Å². The van der Waals surface area contributed by atoms with Crippen LogP contribution in [0.5, 0.6) is 0 Å². The molecule has 5 aromatic rings. The SMILES string of the molecule is C[C@H](Nc1ncnc2[nH]ccc(=O)c12)c1c(Cl)c2cccc(S)c2c(=O)n1-c1ccccc1. The monoisotopic (exact) mass is 475 g/mol. The van der Waals surface area contributed by atoms with E-state index in [4.69, 9.17) is 11.6 Å². The smallest absolute Gasteiger partial charge is 0.264 e. The van der Waals surface area contributed by atoms with Crippen LogP contribution in [0.15, 0.2) is 81.6 Å². The van der Waals surface area contributed by atoms with Crippen molar-refractivity contribution in [3.05, 3.63) is 98.4 Å². The van der Waals surface area contributed by atoms with Crippen LogP contribution in [-0.2, 0) is 0 Å². The number of nitrogens with zero attached hydrogens (tertiary/aromatic N) is 3. The van der Waals surface area contributed by atoms with E-state index in [-0.39, 0.29) is 11.0 Å². The van der Waals surface area contributed by atoms with Crippen molar-refractivity contribution in [2.75, 3.05) is 5.32 Å². The number of hydrogen-bond donors (Lipinski definition) is 3. The van der Waals surface area contributed by atoms with Crippen molar-refractivity contribution in [1.82, 2.24) is 19.5 Å². The minimum absolute atomic E-state index is 0.219. The summed E-state index contributed by atoms with van der Waals surface area (Å²) in [6, 6.07) is 15.6. The first-order valence-electron chi connectivity index (χ1n) is 10.2. The summed E-state index contributed by atoms with van der Waals surface area (Å²) in [6.45, 7) is 1.86. The predicted molar refractivity (Wildman–Crippen MR) is 134 cm³/mol. The molecule has 1 atom stereocenters.